The molecule has 0 spiro atoms. The normalized spacial score (nSPS) is 11.8. The molecule has 1 rings (SSSR count). The lowest BCUT2D eigenvalue weighted by atomic mass is 10.0. The van der Waals surface area contributed by atoms with Crippen molar-refractivity contribution in [2.75, 3.05) is 18.5 Å². The van der Waals surface area contributed by atoms with Crippen LogP contribution in [0.5, 0.6) is 0 Å². The summed E-state index contributed by atoms with van der Waals surface area (Å²) in [5.74, 6) is -0.720. The van der Waals surface area contributed by atoms with Crippen LogP contribution in [-0.2, 0) is 6.42 Å². The van der Waals surface area contributed by atoms with Crippen LogP contribution in [0.2, 0.25) is 0 Å². The zero-order chi connectivity index (χ0) is 21.8. The fraction of sp³-hybridized carbons (Fsp3) is 0.786. The Morgan fingerprint density at radius 1 is 0.533 bits per heavy atom. The van der Waals surface area contributed by atoms with Gasteiger partial charge >= 0.3 is 0 Å². The molecule has 0 aliphatic heterocycles. The quantitative estimate of drug-likeness (QED) is 0.117. The summed E-state index contributed by atoms with van der Waals surface area (Å²) in [5, 5.41) is 0. The molecule has 174 valence electrons. The van der Waals surface area contributed by atoms with Gasteiger partial charge in [-0.1, -0.05) is 114 Å². The highest BCUT2D eigenvalue weighted by Gasteiger charge is 2.29. The second-order valence-electron chi connectivity index (χ2n) is 9.28. The largest absolute Gasteiger partial charge is 0.138 e. The molecule has 0 aliphatic carbocycles. The first-order valence-corrected chi connectivity index (χ1v) is 17.7. The maximum absolute atomic E-state index is 4.05. The third-order valence-electron chi connectivity index (χ3n) is 6.75. The van der Waals surface area contributed by atoms with Crippen molar-refractivity contribution in [1.29, 1.82) is 0 Å². The van der Waals surface area contributed by atoms with E-state index < -0.39 is 5.96 Å². The van der Waals surface area contributed by atoms with Gasteiger partial charge in [0, 0.05) is 0 Å². The first-order chi connectivity index (χ1) is 14.7. The lowest BCUT2D eigenvalue weighted by Crippen LogP contribution is -1.97. The minimum atomic E-state index is -0.720. The molecule has 1 aromatic carbocycles. The monoisotopic (exact) mass is 497 g/mol. The Morgan fingerprint density at radius 3 is 1.30 bits per heavy atom. The molecule has 2 heteroatoms. The molecule has 0 bridgehead atoms. The minimum Gasteiger partial charge on any atom is -0.0622 e. The van der Waals surface area contributed by atoms with Crippen molar-refractivity contribution in [1.82, 2.24) is 0 Å². The summed E-state index contributed by atoms with van der Waals surface area (Å²) >= 11 is 4.05. The number of benzene rings is 1. The summed E-state index contributed by atoms with van der Waals surface area (Å²) in [6.45, 7) is 4.72. The Balaban J connectivity index is 1.73. The van der Waals surface area contributed by atoms with Crippen molar-refractivity contribution in [2.24, 2.45) is 0 Å². The second-order valence-corrected chi connectivity index (χ2v) is 17.6. The van der Waals surface area contributed by atoms with Gasteiger partial charge in [-0.15, -0.1) is 0 Å². The first kappa shape index (κ1) is 28.2. The van der Waals surface area contributed by atoms with Gasteiger partial charge < -0.3 is 0 Å². The van der Waals surface area contributed by atoms with E-state index in [2.05, 4.69) is 59.7 Å². The number of rotatable bonds is 21. The summed E-state index contributed by atoms with van der Waals surface area (Å²) in [5.41, 5.74) is 1.50. The smallest absolute Gasteiger partial charge is 0.0622 e. The summed E-state index contributed by atoms with van der Waals surface area (Å²) in [4.78, 5) is 0. The molecule has 0 atom stereocenters. The molecule has 0 saturated heterocycles. The van der Waals surface area contributed by atoms with E-state index in [4.69, 9.17) is 0 Å². The molecule has 0 aromatic heterocycles. The molecule has 0 radical (unpaired) electrons. The van der Waals surface area contributed by atoms with Gasteiger partial charge in [0.25, 0.3) is 0 Å². The van der Waals surface area contributed by atoms with E-state index in [1.54, 1.807) is 0 Å². The highest BCUT2D eigenvalue weighted by Crippen LogP contribution is 2.66. The van der Waals surface area contributed by atoms with Gasteiger partial charge in [0.05, 0.1) is 24.5 Å². The summed E-state index contributed by atoms with van der Waals surface area (Å²) in [6, 6.07) is 10.9. The van der Waals surface area contributed by atoms with Crippen LogP contribution in [0.3, 0.4) is 0 Å². The second kappa shape index (κ2) is 19.8. The molecule has 0 fully saturated rings. The number of hydrogen-bond acceptors (Lipinski definition) is 0. The lowest BCUT2D eigenvalue weighted by Gasteiger charge is -2.15. The van der Waals surface area contributed by atoms with E-state index in [-0.39, 0.29) is 0 Å². The predicted octanol–water partition coefficient (Wildman–Crippen LogP) is 10.8. The molecular formula is C28H51BrP+. The molecular weight excluding hydrogens is 447 g/mol. The average Bonchev–Trinajstić information content (AvgIpc) is 2.78. The molecule has 0 N–H and O–H groups in total. The molecule has 0 amide bonds. The van der Waals surface area contributed by atoms with Gasteiger partial charge in [-0.3, -0.25) is 0 Å². The maximum atomic E-state index is 4.05. The average molecular weight is 499 g/mol. The van der Waals surface area contributed by atoms with E-state index in [9.17, 15) is 0 Å². The van der Waals surface area contributed by atoms with Crippen molar-refractivity contribution < 1.29 is 0 Å². The van der Waals surface area contributed by atoms with Crippen molar-refractivity contribution in [3.05, 3.63) is 35.9 Å². The summed E-state index contributed by atoms with van der Waals surface area (Å²) in [6.07, 6.45) is 28.7. The van der Waals surface area contributed by atoms with Crippen LogP contribution < -0.4 is 0 Å². The van der Waals surface area contributed by atoms with Crippen LogP contribution in [0.1, 0.15) is 122 Å². The van der Waals surface area contributed by atoms with Crippen LogP contribution in [0.4, 0.5) is 0 Å². The first-order valence-electron chi connectivity index (χ1n) is 13.3. The Labute approximate surface area is 198 Å². The van der Waals surface area contributed by atoms with Gasteiger partial charge in [-0.2, -0.15) is 0 Å². The maximum Gasteiger partial charge on any atom is 0.138 e. The van der Waals surface area contributed by atoms with Crippen LogP contribution in [0.15, 0.2) is 30.3 Å². The van der Waals surface area contributed by atoms with Crippen molar-refractivity contribution in [3.8, 4) is 0 Å². The topological polar surface area (TPSA) is 0 Å². The Kier molecular flexibility index (Phi) is 18.6. The van der Waals surface area contributed by atoms with Gasteiger partial charge in [0.15, 0.2) is 0 Å². The predicted molar refractivity (Wildman–Crippen MR) is 146 cm³/mol. The summed E-state index contributed by atoms with van der Waals surface area (Å²) < 4.78 is 0. The minimum absolute atomic E-state index is 0.720. The van der Waals surface area contributed by atoms with Crippen LogP contribution in [0.25, 0.3) is 0 Å². The molecule has 0 saturated carbocycles. The van der Waals surface area contributed by atoms with Crippen molar-refractivity contribution in [2.45, 2.75) is 123 Å². The van der Waals surface area contributed by atoms with E-state index >= 15 is 0 Å². The van der Waals surface area contributed by atoms with E-state index in [0.29, 0.717) is 0 Å². The summed E-state index contributed by atoms with van der Waals surface area (Å²) in [7, 11) is 0. The van der Waals surface area contributed by atoms with E-state index in [1.165, 1.54) is 133 Å². The highest BCUT2D eigenvalue weighted by molar-refractivity contribution is 9.42. The van der Waals surface area contributed by atoms with Crippen LogP contribution >= 0.6 is 21.5 Å². The highest BCUT2D eigenvalue weighted by atomic mass is 79.9. The SMILES string of the molecule is CC[P+](Br)(CC)CCCCCCCCCCCCCCCCCCc1ccccc1. The number of halogens is 1. The Hall–Kier alpha value is 0.130. The zero-order valence-corrected chi connectivity index (χ0v) is 22.8. The fourth-order valence-electron chi connectivity index (χ4n) is 4.38. The van der Waals surface area contributed by atoms with E-state index in [0.717, 1.165) is 0 Å². The van der Waals surface area contributed by atoms with Gasteiger partial charge in [-0.05, 0) is 45.1 Å². The Bertz CT molecular complexity index is 469. The number of unbranched alkanes of at least 4 members (excludes halogenated alkanes) is 15. The Morgan fingerprint density at radius 2 is 0.900 bits per heavy atom. The van der Waals surface area contributed by atoms with Crippen LogP contribution in [-0.4, -0.2) is 18.5 Å². The molecule has 0 nitrogen and oxygen atoms in total. The molecule has 30 heavy (non-hydrogen) atoms. The molecule has 0 heterocycles. The number of aryl methyl sites for hydroxylation is 1. The van der Waals surface area contributed by atoms with Crippen molar-refractivity contribution >= 4 is 21.5 Å². The fourth-order valence-corrected chi connectivity index (χ4v) is 7.01. The third kappa shape index (κ3) is 15.9. The molecule has 0 aliphatic rings. The molecule has 1 aromatic rings. The van der Waals surface area contributed by atoms with Gasteiger partial charge in [-0.25, -0.2) is 0 Å². The van der Waals surface area contributed by atoms with Gasteiger partial charge in [0.1, 0.15) is 15.5 Å². The lowest BCUT2D eigenvalue weighted by molar-refractivity contribution is 0.529. The number of hydrogen-bond donors (Lipinski definition) is 0. The van der Waals surface area contributed by atoms with Gasteiger partial charge in [0.2, 0.25) is 0 Å². The molecule has 0 unspecified atom stereocenters. The standard InChI is InChI=1S/C28H51BrP/c1-3-30(29,4-2)27-23-18-16-14-12-10-8-6-5-7-9-11-13-15-17-20-24-28-25-21-19-22-26-28/h19,21-22,25-26H,3-18,20,23-24,27H2,1-2H3/q+1. The van der Waals surface area contributed by atoms with Crippen LogP contribution in [0, 0.1) is 0 Å². The van der Waals surface area contributed by atoms with Crippen molar-refractivity contribution in [3.63, 3.8) is 0 Å². The van der Waals surface area contributed by atoms with E-state index in [1.807, 2.05) is 0 Å². The third-order valence-corrected chi connectivity index (χ3v) is 14.2. The zero-order valence-electron chi connectivity index (χ0n) is 20.4.